The Morgan fingerprint density at radius 1 is 0.925 bits per heavy atom. The van der Waals surface area contributed by atoms with Gasteiger partial charge in [0.15, 0.2) is 0 Å². The first-order chi connectivity index (χ1) is 18.9. The Labute approximate surface area is 231 Å². The summed E-state index contributed by atoms with van der Waals surface area (Å²) < 4.78 is 62.9. The van der Waals surface area contributed by atoms with E-state index in [4.69, 9.17) is 11.5 Å². The molecule has 4 N–H and O–H groups in total. The molecule has 2 aromatic carbocycles. The number of rotatable bonds is 7. The van der Waals surface area contributed by atoms with E-state index in [0.717, 1.165) is 17.7 Å². The third-order valence-corrected chi connectivity index (χ3v) is 9.29. The van der Waals surface area contributed by atoms with Crippen molar-refractivity contribution < 1.29 is 31.2 Å². The first-order valence-electron chi connectivity index (χ1n) is 13.2. The number of likely N-dealkylation sites (tertiary alicyclic amines) is 1. The predicted molar refractivity (Wildman–Crippen MR) is 143 cm³/mol. The number of benzene rings is 2. The average molecular weight is 582 g/mol. The number of carbonyl (C=O) groups is 2. The van der Waals surface area contributed by atoms with E-state index in [1.807, 2.05) is 30.3 Å². The lowest BCUT2D eigenvalue weighted by molar-refractivity contribution is -0.137. The van der Waals surface area contributed by atoms with Gasteiger partial charge in [0, 0.05) is 45.7 Å². The fraction of sp³-hybridized carbons (Fsp3) is 0.481. The van der Waals surface area contributed by atoms with Crippen LogP contribution in [0.5, 0.6) is 0 Å². The van der Waals surface area contributed by atoms with Crippen molar-refractivity contribution in [1.29, 1.82) is 0 Å². The van der Waals surface area contributed by atoms with Crippen LogP contribution in [-0.4, -0.2) is 85.9 Å². The van der Waals surface area contributed by atoms with E-state index in [2.05, 4.69) is 4.90 Å². The maximum absolute atomic E-state index is 13.3. The van der Waals surface area contributed by atoms with Crippen LogP contribution >= 0.6 is 0 Å². The lowest BCUT2D eigenvalue weighted by Gasteiger charge is -2.45. The number of amides is 3. The lowest BCUT2D eigenvalue weighted by Crippen LogP contribution is -2.58. The molecule has 0 spiro atoms. The third-order valence-electron chi connectivity index (χ3n) is 7.79. The second-order valence-electron chi connectivity index (χ2n) is 10.3. The molecule has 2 fully saturated rings. The Morgan fingerprint density at radius 2 is 1.52 bits per heavy atom. The van der Waals surface area contributed by atoms with Gasteiger partial charge in [-0.3, -0.25) is 9.69 Å². The van der Waals surface area contributed by atoms with E-state index < -0.39 is 26.3 Å². The van der Waals surface area contributed by atoms with E-state index in [0.29, 0.717) is 57.5 Å². The van der Waals surface area contributed by atoms with Crippen LogP contribution < -0.4 is 11.5 Å². The minimum Gasteiger partial charge on any atom is -0.351 e. The van der Waals surface area contributed by atoms with Gasteiger partial charge in [-0.1, -0.05) is 42.5 Å². The van der Waals surface area contributed by atoms with Gasteiger partial charge in [-0.15, -0.1) is 0 Å². The van der Waals surface area contributed by atoms with Crippen LogP contribution in [0, 0.1) is 5.92 Å². The van der Waals surface area contributed by atoms with Crippen molar-refractivity contribution in [3.05, 3.63) is 65.7 Å². The number of sulfone groups is 1. The Balaban J connectivity index is 1.51. The highest BCUT2D eigenvalue weighted by Crippen LogP contribution is 2.34. The molecule has 2 aromatic rings. The molecule has 2 aliphatic rings. The highest BCUT2D eigenvalue weighted by atomic mass is 32.2. The first kappa shape index (κ1) is 29.8. The number of alkyl halides is 3. The van der Waals surface area contributed by atoms with E-state index in [1.165, 1.54) is 12.1 Å². The molecule has 40 heavy (non-hydrogen) atoms. The zero-order valence-corrected chi connectivity index (χ0v) is 22.8. The fourth-order valence-corrected chi connectivity index (χ4v) is 6.34. The number of hydrogen-bond donors (Lipinski definition) is 2. The lowest BCUT2D eigenvalue weighted by atomic mass is 9.92. The number of nitrogens with two attached hydrogens (primary N) is 2. The molecule has 3 amide bonds. The van der Waals surface area contributed by atoms with Crippen LogP contribution in [0.4, 0.5) is 18.0 Å². The topological polar surface area (TPSA) is 130 Å². The summed E-state index contributed by atoms with van der Waals surface area (Å²) >= 11 is 0. The molecule has 13 heteroatoms. The van der Waals surface area contributed by atoms with Crippen molar-refractivity contribution in [2.24, 2.45) is 17.4 Å². The van der Waals surface area contributed by atoms with Crippen LogP contribution in [0.1, 0.15) is 36.4 Å². The minimum absolute atomic E-state index is 0.00518. The van der Waals surface area contributed by atoms with Crippen LogP contribution in [0.15, 0.2) is 59.5 Å². The van der Waals surface area contributed by atoms with E-state index in [9.17, 15) is 31.2 Å². The summed E-state index contributed by atoms with van der Waals surface area (Å²) in [7, 11) is -5.46. The number of urea groups is 1. The Hall–Kier alpha value is -3.16. The van der Waals surface area contributed by atoms with E-state index in [-0.39, 0.29) is 30.5 Å². The van der Waals surface area contributed by atoms with Gasteiger partial charge in [-0.05, 0) is 42.0 Å². The second kappa shape index (κ2) is 12.1. The zero-order chi connectivity index (χ0) is 29.1. The van der Waals surface area contributed by atoms with Gasteiger partial charge in [0.05, 0.1) is 17.0 Å². The summed E-state index contributed by atoms with van der Waals surface area (Å²) in [6.45, 7) is 2.64. The Kier molecular flexibility index (Phi) is 9.06. The number of primary amides is 1. The molecule has 0 aliphatic carbocycles. The Morgan fingerprint density at radius 3 is 2.08 bits per heavy atom. The number of carbonyl (C=O) groups excluding carboxylic acids is 2. The van der Waals surface area contributed by atoms with Gasteiger partial charge in [-0.25, -0.2) is 13.2 Å². The van der Waals surface area contributed by atoms with E-state index >= 15 is 0 Å². The summed E-state index contributed by atoms with van der Waals surface area (Å²) in [4.78, 5) is 29.4. The van der Waals surface area contributed by atoms with Gasteiger partial charge in [0.25, 0.3) is 9.84 Å². The molecule has 0 bridgehead atoms. The highest BCUT2D eigenvalue weighted by Gasteiger charge is 2.47. The van der Waals surface area contributed by atoms with Crippen molar-refractivity contribution >= 4 is 21.8 Å². The predicted octanol–water partition coefficient (Wildman–Crippen LogP) is 2.72. The molecule has 2 heterocycles. The summed E-state index contributed by atoms with van der Waals surface area (Å²) in [5, 5.41) is 0. The summed E-state index contributed by atoms with van der Waals surface area (Å²) in [6, 6.07) is 13.0. The monoisotopic (exact) mass is 581 g/mol. The zero-order valence-electron chi connectivity index (χ0n) is 22.0. The van der Waals surface area contributed by atoms with Crippen LogP contribution in [0.2, 0.25) is 0 Å². The van der Waals surface area contributed by atoms with Crippen LogP contribution in [0.25, 0.3) is 0 Å². The second-order valence-corrected chi connectivity index (χ2v) is 12.2. The molecule has 4 rings (SSSR count). The number of piperazine rings is 1. The van der Waals surface area contributed by atoms with Crippen molar-refractivity contribution in [3.8, 4) is 0 Å². The molecule has 218 valence electrons. The number of halogens is 3. The number of hydrogen-bond acceptors (Lipinski definition) is 6. The molecule has 2 saturated heterocycles. The molecule has 2 atom stereocenters. The van der Waals surface area contributed by atoms with Crippen molar-refractivity contribution in [3.63, 3.8) is 0 Å². The first-order valence-corrected chi connectivity index (χ1v) is 14.6. The van der Waals surface area contributed by atoms with Gasteiger partial charge in [0.2, 0.25) is 5.91 Å². The standard InChI is InChI=1S/C27H34F3N5O4S/c28-27(29,30)40(38,39)23-8-6-21(7-9-23)25(20-4-2-1-3-5-20)34-14-15-35(22(17-31)18-34)24(36)16-19-10-12-33(13-11-19)26(32)37/h1-9,19,22,25H,10-18,31H2,(H2,32,37). The average Bonchev–Trinajstić information content (AvgIpc) is 2.93. The quantitative estimate of drug-likeness (QED) is 0.517. The molecule has 2 unspecified atom stereocenters. The minimum atomic E-state index is -5.46. The SMILES string of the molecule is NCC1CN(C(c2ccccc2)c2ccc(S(=O)(=O)C(F)(F)F)cc2)CCN1C(=O)CC1CCN(C(N)=O)CC1. The van der Waals surface area contributed by atoms with Crippen LogP contribution in [-0.2, 0) is 14.6 Å². The molecule has 0 saturated carbocycles. The van der Waals surface area contributed by atoms with Gasteiger partial charge < -0.3 is 21.3 Å². The third kappa shape index (κ3) is 6.42. The number of piperidine rings is 1. The van der Waals surface area contributed by atoms with E-state index in [1.54, 1.807) is 9.80 Å². The summed E-state index contributed by atoms with van der Waals surface area (Å²) in [5.74, 6) is 0.161. The number of nitrogens with zero attached hydrogens (tertiary/aromatic N) is 3. The molecular weight excluding hydrogens is 547 g/mol. The molecule has 9 nitrogen and oxygen atoms in total. The smallest absolute Gasteiger partial charge is 0.351 e. The van der Waals surface area contributed by atoms with Gasteiger partial charge in [-0.2, -0.15) is 13.2 Å². The van der Waals surface area contributed by atoms with Crippen molar-refractivity contribution in [1.82, 2.24) is 14.7 Å². The highest BCUT2D eigenvalue weighted by molar-refractivity contribution is 7.92. The summed E-state index contributed by atoms with van der Waals surface area (Å²) in [6.07, 6.45) is 1.77. The Bertz CT molecular complexity index is 1280. The van der Waals surface area contributed by atoms with Crippen molar-refractivity contribution in [2.75, 3.05) is 39.3 Å². The fourth-order valence-electron chi connectivity index (χ4n) is 5.58. The summed E-state index contributed by atoms with van der Waals surface area (Å²) in [5.41, 5.74) is 7.59. The van der Waals surface area contributed by atoms with Crippen molar-refractivity contribution in [2.45, 2.75) is 41.7 Å². The normalized spacial score (nSPS) is 20.4. The molecular formula is C27H34F3N5O4S. The van der Waals surface area contributed by atoms with Crippen LogP contribution in [0.3, 0.4) is 0 Å². The maximum atomic E-state index is 13.3. The van der Waals surface area contributed by atoms with Gasteiger partial charge in [0.1, 0.15) is 0 Å². The maximum Gasteiger partial charge on any atom is 0.501 e. The molecule has 0 aromatic heterocycles. The molecule has 2 aliphatic heterocycles. The van der Waals surface area contributed by atoms with Gasteiger partial charge >= 0.3 is 11.5 Å². The molecule has 0 radical (unpaired) electrons. The largest absolute Gasteiger partial charge is 0.501 e.